The molecule has 2 rings (SSSR count). The lowest BCUT2D eigenvalue weighted by atomic mass is 10.1. The number of methoxy groups -OCH3 is 2. The zero-order valence-corrected chi connectivity index (χ0v) is 16.3. The number of rotatable bonds is 9. The minimum absolute atomic E-state index is 0.0282. The Balaban J connectivity index is 2.10. The van der Waals surface area contributed by atoms with Crippen LogP contribution in [0.25, 0.3) is 6.08 Å². The normalized spacial score (nSPS) is 10.7. The number of nitriles is 1. The summed E-state index contributed by atoms with van der Waals surface area (Å²) in [6.45, 7) is 0.932. The third-order valence-corrected chi connectivity index (χ3v) is 3.95. The molecule has 0 atom stereocenters. The number of nitrogens with zero attached hydrogens (tertiary/aromatic N) is 1. The summed E-state index contributed by atoms with van der Waals surface area (Å²) < 4.78 is 15.4. The molecule has 0 aromatic heterocycles. The number of amides is 1. The first-order valence-electron chi connectivity index (χ1n) is 8.87. The standard InChI is InChI=1S/C22H22N2O5/c1-27-12-11-24-21(25)19(14-23)13-18-5-3-4-6-20(18)29-15-16-7-9-17(10-8-16)22(26)28-2/h3-10,13H,11-12,15H2,1-2H3,(H,24,25)/b19-13+. The first kappa shape index (κ1) is 21.7. The highest BCUT2D eigenvalue weighted by Crippen LogP contribution is 2.22. The fourth-order valence-corrected chi connectivity index (χ4v) is 2.41. The van der Waals surface area contributed by atoms with Crippen molar-refractivity contribution < 1.29 is 23.8 Å². The molecular weight excluding hydrogens is 372 g/mol. The van der Waals surface area contributed by atoms with Gasteiger partial charge in [-0.3, -0.25) is 4.79 Å². The van der Waals surface area contributed by atoms with Gasteiger partial charge in [0.15, 0.2) is 0 Å². The molecule has 29 heavy (non-hydrogen) atoms. The van der Waals surface area contributed by atoms with Crippen molar-refractivity contribution in [3.63, 3.8) is 0 Å². The second-order valence-electron chi connectivity index (χ2n) is 5.93. The molecule has 0 saturated carbocycles. The molecule has 2 aromatic rings. The quantitative estimate of drug-likeness (QED) is 0.304. The molecule has 0 spiro atoms. The molecule has 0 aliphatic rings. The molecule has 0 fully saturated rings. The number of para-hydroxylation sites is 1. The number of hydrogen-bond acceptors (Lipinski definition) is 6. The smallest absolute Gasteiger partial charge is 0.337 e. The van der Waals surface area contributed by atoms with Gasteiger partial charge in [0.25, 0.3) is 5.91 Å². The van der Waals surface area contributed by atoms with E-state index in [1.54, 1.807) is 48.5 Å². The van der Waals surface area contributed by atoms with Gasteiger partial charge < -0.3 is 19.5 Å². The molecule has 0 unspecified atom stereocenters. The minimum Gasteiger partial charge on any atom is -0.488 e. The van der Waals surface area contributed by atoms with E-state index in [4.69, 9.17) is 9.47 Å². The molecule has 0 radical (unpaired) electrons. The Labute approximate surface area is 169 Å². The van der Waals surface area contributed by atoms with Crippen LogP contribution in [0.4, 0.5) is 0 Å². The Hall–Kier alpha value is -3.63. The summed E-state index contributed by atoms with van der Waals surface area (Å²) >= 11 is 0. The van der Waals surface area contributed by atoms with E-state index in [1.165, 1.54) is 20.3 Å². The predicted octanol–water partition coefficient (Wildman–Crippen LogP) is 2.72. The number of benzene rings is 2. The highest BCUT2D eigenvalue weighted by Gasteiger charge is 2.11. The van der Waals surface area contributed by atoms with Crippen LogP contribution in [0.5, 0.6) is 5.75 Å². The van der Waals surface area contributed by atoms with Crippen LogP contribution in [-0.4, -0.2) is 39.2 Å². The van der Waals surface area contributed by atoms with E-state index in [9.17, 15) is 14.9 Å². The second kappa shape index (κ2) is 11.3. The molecule has 0 heterocycles. The lowest BCUT2D eigenvalue weighted by Gasteiger charge is -2.10. The van der Waals surface area contributed by atoms with Gasteiger partial charge in [-0.2, -0.15) is 5.26 Å². The molecule has 2 aromatic carbocycles. The highest BCUT2D eigenvalue weighted by atomic mass is 16.5. The van der Waals surface area contributed by atoms with Crippen molar-refractivity contribution in [2.75, 3.05) is 27.4 Å². The Morgan fingerprint density at radius 2 is 1.83 bits per heavy atom. The fourth-order valence-electron chi connectivity index (χ4n) is 2.41. The van der Waals surface area contributed by atoms with Crippen molar-refractivity contribution >= 4 is 18.0 Å². The Bertz CT molecular complexity index is 914. The van der Waals surface area contributed by atoms with Crippen LogP contribution >= 0.6 is 0 Å². The van der Waals surface area contributed by atoms with E-state index >= 15 is 0 Å². The van der Waals surface area contributed by atoms with E-state index in [1.807, 2.05) is 6.07 Å². The van der Waals surface area contributed by atoms with Gasteiger partial charge in [0.2, 0.25) is 0 Å². The average Bonchev–Trinajstić information content (AvgIpc) is 2.76. The van der Waals surface area contributed by atoms with E-state index in [0.29, 0.717) is 30.0 Å². The van der Waals surface area contributed by atoms with Gasteiger partial charge in [-0.25, -0.2) is 4.79 Å². The summed E-state index contributed by atoms with van der Waals surface area (Å²) in [5.74, 6) is -0.347. The number of esters is 1. The fraction of sp³-hybridized carbons (Fsp3) is 0.227. The summed E-state index contributed by atoms with van der Waals surface area (Å²) in [6.07, 6.45) is 1.48. The molecule has 1 N–H and O–H groups in total. The van der Waals surface area contributed by atoms with E-state index in [2.05, 4.69) is 10.1 Å². The largest absolute Gasteiger partial charge is 0.488 e. The molecule has 0 bridgehead atoms. The van der Waals surface area contributed by atoms with Crippen molar-refractivity contribution in [3.8, 4) is 11.8 Å². The van der Waals surface area contributed by atoms with Crippen molar-refractivity contribution in [3.05, 3.63) is 70.8 Å². The number of ether oxygens (including phenoxy) is 3. The third kappa shape index (κ3) is 6.48. The van der Waals surface area contributed by atoms with Gasteiger partial charge in [0, 0.05) is 19.2 Å². The Morgan fingerprint density at radius 1 is 1.10 bits per heavy atom. The maximum absolute atomic E-state index is 12.1. The number of carbonyl (C=O) groups is 2. The van der Waals surface area contributed by atoms with Crippen LogP contribution in [0.1, 0.15) is 21.5 Å². The summed E-state index contributed by atoms with van der Waals surface area (Å²) in [7, 11) is 2.86. The minimum atomic E-state index is -0.474. The molecule has 0 aliphatic carbocycles. The SMILES string of the molecule is COCCNC(=O)/C(C#N)=C/c1ccccc1OCc1ccc(C(=O)OC)cc1. The zero-order chi connectivity index (χ0) is 21.1. The third-order valence-electron chi connectivity index (χ3n) is 3.95. The summed E-state index contributed by atoms with van der Waals surface area (Å²) in [4.78, 5) is 23.6. The summed E-state index contributed by atoms with van der Waals surface area (Å²) in [5, 5.41) is 11.9. The Kier molecular flexibility index (Phi) is 8.42. The van der Waals surface area contributed by atoms with Gasteiger partial charge in [0.05, 0.1) is 19.3 Å². The van der Waals surface area contributed by atoms with Crippen LogP contribution in [-0.2, 0) is 20.9 Å². The first-order valence-corrected chi connectivity index (χ1v) is 8.87. The zero-order valence-electron chi connectivity index (χ0n) is 16.3. The summed E-state index contributed by atoms with van der Waals surface area (Å²) in [5.41, 5.74) is 1.89. The molecule has 7 nitrogen and oxygen atoms in total. The van der Waals surface area contributed by atoms with Crippen LogP contribution in [0, 0.1) is 11.3 Å². The van der Waals surface area contributed by atoms with Gasteiger partial charge >= 0.3 is 5.97 Å². The van der Waals surface area contributed by atoms with Crippen LogP contribution in [0.3, 0.4) is 0 Å². The second-order valence-corrected chi connectivity index (χ2v) is 5.93. The topological polar surface area (TPSA) is 97.6 Å². The maximum Gasteiger partial charge on any atom is 0.337 e. The first-order chi connectivity index (χ1) is 14.1. The van der Waals surface area contributed by atoms with E-state index < -0.39 is 11.9 Å². The highest BCUT2D eigenvalue weighted by molar-refractivity contribution is 6.01. The molecule has 0 aliphatic heterocycles. The molecule has 7 heteroatoms. The average molecular weight is 394 g/mol. The van der Waals surface area contributed by atoms with Gasteiger partial charge in [-0.05, 0) is 29.8 Å². The maximum atomic E-state index is 12.1. The van der Waals surface area contributed by atoms with Crippen LogP contribution in [0.15, 0.2) is 54.1 Å². The van der Waals surface area contributed by atoms with Crippen LogP contribution < -0.4 is 10.1 Å². The van der Waals surface area contributed by atoms with Crippen LogP contribution in [0.2, 0.25) is 0 Å². The predicted molar refractivity (Wildman–Crippen MR) is 107 cm³/mol. The van der Waals surface area contributed by atoms with Crippen molar-refractivity contribution in [2.45, 2.75) is 6.61 Å². The van der Waals surface area contributed by atoms with Crippen molar-refractivity contribution in [1.29, 1.82) is 5.26 Å². The lowest BCUT2D eigenvalue weighted by Crippen LogP contribution is -2.27. The van der Waals surface area contributed by atoms with E-state index in [0.717, 1.165) is 5.56 Å². The van der Waals surface area contributed by atoms with Crippen molar-refractivity contribution in [1.82, 2.24) is 5.32 Å². The Morgan fingerprint density at radius 3 is 2.48 bits per heavy atom. The molecule has 1 amide bonds. The molecular formula is C22H22N2O5. The number of hydrogen-bond donors (Lipinski definition) is 1. The van der Waals surface area contributed by atoms with Crippen molar-refractivity contribution in [2.24, 2.45) is 0 Å². The monoisotopic (exact) mass is 394 g/mol. The molecule has 150 valence electrons. The number of nitrogens with one attached hydrogen (secondary N) is 1. The molecule has 0 saturated heterocycles. The van der Waals surface area contributed by atoms with E-state index in [-0.39, 0.29) is 12.2 Å². The van der Waals surface area contributed by atoms with Gasteiger partial charge in [-0.15, -0.1) is 0 Å². The summed E-state index contributed by atoms with van der Waals surface area (Å²) in [6, 6.07) is 15.9. The lowest BCUT2D eigenvalue weighted by molar-refractivity contribution is -0.117. The van der Waals surface area contributed by atoms with Gasteiger partial charge in [-0.1, -0.05) is 30.3 Å². The van der Waals surface area contributed by atoms with Gasteiger partial charge in [0.1, 0.15) is 24.0 Å². The number of carbonyl (C=O) groups excluding carboxylic acids is 2.